The zero-order chi connectivity index (χ0) is 21.0. The minimum atomic E-state index is -3.36. The molecule has 0 N–H and O–H groups in total. The lowest BCUT2D eigenvalue weighted by Crippen LogP contribution is -2.28. The molecular formula is C18H15Cl3N3O3P3. The van der Waals surface area contributed by atoms with Gasteiger partial charge in [0, 0.05) is 4.60 Å². The molecule has 0 radical (unpaired) electrons. The van der Waals surface area contributed by atoms with Crippen LogP contribution in [0.15, 0.2) is 95.5 Å². The van der Waals surface area contributed by atoms with Gasteiger partial charge in [-0.25, -0.2) is 0 Å². The molecular weight excluding hydrogens is 505 g/mol. The summed E-state index contributed by atoms with van der Waals surface area (Å²) in [6.07, 6.45) is 0. The molecule has 156 valence electrons. The molecule has 0 bridgehead atoms. The molecule has 0 saturated heterocycles. The van der Waals surface area contributed by atoms with E-state index < -0.39 is 22.8 Å². The monoisotopic (exact) mass is 519 g/mol. The van der Waals surface area contributed by atoms with Crippen LogP contribution < -0.4 is 13.9 Å². The molecule has 0 fully saturated rings. The Morgan fingerprint density at radius 3 is 1.60 bits per heavy atom. The van der Waals surface area contributed by atoms with Crippen LogP contribution in [0.25, 0.3) is 0 Å². The summed E-state index contributed by atoms with van der Waals surface area (Å²) in [6, 6.07) is 27.5. The largest absolute Gasteiger partial charge is 0.443 e. The van der Waals surface area contributed by atoms with Crippen LogP contribution in [0.5, 0.6) is 17.2 Å². The van der Waals surface area contributed by atoms with E-state index in [1.165, 1.54) is 8.56 Å². The third-order valence-electron chi connectivity index (χ3n) is 3.68. The van der Waals surface area contributed by atoms with Gasteiger partial charge in [0.15, 0.2) is 0 Å². The van der Waals surface area contributed by atoms with Crippen LogP contribution in [0.2, 0.25) is 0 Å². The van der Waals surface area contributed by atoms with E-state index in [1.54, 1.807) is 36.4 Å². The van der Waals surface area contributed by atoms with E-state index >= 15 is 0 Å². The first-order valence-corrected chi connectivity index (χ1v) is 14.8. The maximum Gasteiger partial charge on any atom is 0.443 e. The topological polar surface area (TPSA) is 46.5 Å². The lowest BCUT2D eigenvalue weighted by atomic mass is 10.3. The molecule has 3 aromatic rings. The number of hydrogen-bond donors (Lipinski definition) is 0. The van der Waals surface area contributed by atoms with Crippen LogP contribution in [0.3, 0.4) is 0 Å². The van der Waals surface area contributed by atoms with Crippen molar-refractivity contribution in [1.29, 1.82) is 0 Å². The Kier molecular flexibility index (Phi) is 7.41. The van der Waals surface area contributed by atoms with Crippen molar-refractivity contribution >= 4 is 57.1 Å². The first-order chi connectivity index (χ1) is 14.6. The van der Waals surface area contributed by atoms with Crippen molar-refractivity contribution in [3.63, 3.8) is 0 Å². The number of halogens is 3. The number of benzene rings is 3. The summed E-state index contributed by atoms with van der Waals surface area (Å²) in [5, 5.41) is 0. The van der Waals surface area contributed by atoms with Crippen molar-refractivity contribution in [2.75, 3.05) is 0 Å². The van der Waals surface area contributed by atoms with Gasteiger partial charge < -0.3 is 13.9 Å². The molecule has 0 spiro atoms. The highest BCUT2D eigenvalue weighted by Crippen LogP contribution is 2.81. The second-order valence-corrected chi connectivity index (χ2v) is 13.6. The first kappa shape index (κ1) is 22.1. The molecule has 1 heterocycles. The van der Waals surface area contributed by atoms with Crippen molar-refractivity contribution < 1.29 is 13.9 Å². The van der Waals surface area contributed by atoms with Gasteiger partial charge in [0.2, 0.25) is 15.2 Å². The normalized spacial score (nSPS) is 21.4. The van der Waals surface area contributed by atoms with Crippen molar-refractivity contribution in [1.82, 2.24) is 8.56 Å². The van der Waals surface area contributed by atoms with Crippen LogP contribution in [-0.4, -0.2) is 8.56 Å². The zero-order valence-electron chi connectivity index (χ0n) is 15.2. The number of hydrogen-bond acceptors (Lipinski definition) is 6. The Labute approximate surface area is 191 Å². The third kappa shape index (κ3) is 5.05. The molecule has 6 nitrogen and oxygen atoms in total. The van der Waals surface area contributed by atoms with Gasteiger partial charge in [-0.2, -0.15) is 4.52 Å². The molecule has 0 saturated carbocycles. The average molecular weight is 521 g/mol. The molecule has 0 aliphatic carbocycles. The summed E-state index contributed by atoms with van der Waals surface area (Å²) < 4.78 is 19.9. The van der Waals surface area contributed by atoms with Gasteiger partial charge in [-0.1, -0.05) is 65.8 Å². The van der Waals surface area contributed by atoms with E-state index in [2.05, 4.69) is 4.52 Å². The Balaban J connectivity index is 1.82. The minimum absolute atomic E-state index is 0.532. The number of rotatable bonds is 6. The van der Waals surface area contributed by atoms with E-state index in [4.69, 9.17) is 48.1 Å². The molecule has 12 heteroatoms. The van der Waals surface area contributed by atoms with E-state index in [0.29, 0.717) is 17.2 Å². The predicted octanol–water partition coefficient (Wildman–Crippen LogP) is 8.79. The molecule has 0 aromatic heterocycles. The first-order valence-electron chi connectivity index (χ1n) is 8.60. The summed E-state index contributed by atoms with van der Waals surface area (Å²) >= 11 is 19.5. The number of para-hydroxylation sites is 3. The van der Waals surface area contributed by atoms with Gasteiger partial charge in [-0.3, -0.25) is 0 Å². The lowest BCUT2D eigenvalue weighted by Gasteiger charge is -2.40. The Morgan fingerprint density at radius 1 is 0.700 bits per heavy atom. The van der Waals surface area contributed by atoms with Crippen LogP contribution in [0.1, 0.15) is 0 Å². The second-order valence-electron chi connectivity index (χ2n) is 5.77. The predicted molar refractivity (Wildman–Crippen MR) is 126 cm³/mol. The van der Waals surface area contributed by atoms with Gasteiger partial charge in [-0.05, 0) is 59.4 Å². The third-order valence-corrected chi connectivity index (χ3v) is 13.9. The van der Waals surface area contributed by atoms with Gasteiger partial charge in [0.25, 0.3) is 0 Å². The smallest absolute Gasteiger partial charge is 0.417 e. The zero-order valence-corrected chi connectivity index (χ0v) is 20.2. The van der Waals surface area contributed by atoms with E-state index in [1.807, 2.05) is 54.6 Å². The molecule has 1 aliphatic heterocycles. The lowest BCUT2D eigenvalue weighted by molar-refractivity contribution is 0.112. The molecule has 0 amide bonds. The molecule has 2 unspecified atom stereocenters. The average Bonchev–Trinajstić information content (AvgIpc) is 2.77. The molecule has 30 heavy (non-hydrogen) atoms. The molecule has 2 atom stereocenters. The molecule has 1 aliphatic rings. The van der Waals surface area contributed by atoms with Crippen LogP contribution >= 0.6 is 57.1 Å². The number of nitrogens with zero attached hydrogens (tertiary/aromatic N) is 3. The van der Waals surface area contributed by atoms with Gasteiger partial charge in [-0.15, -0.1) is 3.96 Å². The van der Waals surface area contributed by atoms with Gasteiger partial charge in [0.1, 0.15) is 17.2 Å². The van der Waals surface area contributed by atoms with Crippen molar-refractivity contribution in [2.45, 2.75) is 0 Å². The highest BCUT2D eigenvalue weighted by molar-refractivity contribution is 8.00. The SMILES string of the molecule is ClN1P(Cl)N=P(Oc2ccccc2)(Oc2ccccc2)N(Oc2ccccc2)P1Cl. The summed E-state index contributed by atoms with van der Waals surface area (Å²) in [5.74, 6) is 1.61. The minimum Gasteiger partial charge on any atom is -0.417 e. The summed E-state index contributed by atoms with van der Waals surface area (Å²) in [5.41, 5.74) is 0. The summed E-state index contributed by atoms with van der Waals surface area (Å²) in [7, 11) is -6.83. The maximum absolute atomic E-state index is 6.69. The Bertz CT molecular complexity index is 976. The highest BCUT2D eigenvalue weighted by Gasteiger charge is 2.51. The Morgan fingerprint density at radius 2 is 1.13 bits per heavy atom. The second kappa shape index (κ2) is 10.0. The van der Waals surface area contributed by atoms with Crippen molar-refractivity contribution in [2.24, 2.45) is 4.52 Å². The van der Waals surface area contributed by atoms with Gasteiger partial charge >= 0.3 is 7.66 Å². The maximum atomic E-state index is 6.69. The van der Waals surface area contributed by atoms with E-state index in [9.17, 15) is 0 Å². The summed E-state index contributed by atoms with van der Waals surface area (Å²) in [4.78, 5) is 6.11. The fraction of sp³-hybridized carbons (Fsp3) is 0. The standard InChI is InChI=1S/C18H15Cl3N3O3P3/c19-23-28(20)22-30(26-17-12-6-2-7-13-17,27-18-14-8-3-9-15-18)24(29(23)21)25-16-10-4-1-5-11-16/h1-15H. The fourth-order valence-corrected chi connectivity index (χ4v) is 11.9. The summed E-state index contributed by atoms with van der Waals surface area (Å²) in [6.45, 7) is 0. The highest BCUT2D eigenvalue weighted by atomic mass is 35.7. The quantitative estimate of drug-likeness (QED) is 0.240. The Hall–Kier alpha value is -1.06. The van der Waals surface area contributed by atoms with Crippen molar-refractivity contribution in [3.05, 3.63) is 91.0 Å². The van der Waals surface area contributed by atoms with Crippen LogP contribution in [0, 0.1) is 0 Å². The molecule has 4 rings (SSSR count). The van der Waals surface area contributed by atoms with Crippen LogP contribution in [-0.2, 0) is 0 Å². The van der Waals surface area contributed by atoms with Crippen LogP contribution in [0.4, 0.5) is 0 Å². The van der Waals surface area contributed by atoms with Crippen molar-refractivity contribution in [3.8, 4) is 17.2 Å². The van der Waals surface area contributed by atoms with E-state index in [0.717, 1.165) is 0 Å². The van der Waals surface area contributed by atoms with E-state index in [-0.39, 0.29) is 0 Å². The fourth-order valence-electron chi connectivity index (χ4n) is 2.40. The molecule has 3 aromatic carbocycles. The van der Waals surface area contributed by atoms with Gasteiger partial charge in [0.05, 0.1) is 0 Å².